The first-order valence-electron chi connectivity index (χ1n) is 7.10. The molecule has 0 atom stereocenters. The molecular formula is C16H14F3N3O2. The maximum Gasteiger partial charge on any atom is 0.433 e. The van der Waals surface area contributed by atoms with Gasteiger partial charge in [-0.3, -0.25) is 4.79 Å². The van der Waals surface area contributed by atoms with E-state index in [1.54, 1.807) is 38.1 Å². The Morgan fingerprint density at radius 3 is 2.25 bits per heavy atom. The topological polar surface area (TPSA) is 70.4 Å². The number of rotatable bonds is 2. The summed E-state index contributed by atoms with van der Waals surface area (Å²) in [6.07, 6.45) is -4.62. The Morgan fingerprint density at radius 1 is 1.08 bits per heavy atom. The smallest absolute Gasteiger partial charge is 0.386 e. The quantitative estimate of drug-likeness (QED) is 0.755. The molecule has 24 heavy (non-hydrogen) atoms. The fraction of sp³-hybridized carbons (Fsp3) is 0.250. The first kappa shape index (κ1) is 16.3. The minimum absolute atomic E-state index is 0.0106. The molecule has 5 nitrogen and oxygen atoms in total. The molecular weight excluding hydrogens is 323 g/mol. The second-order valence-electron chi connectivity index (χ2n) is 5.95. The lowest BCUT2D eigenvalue weighted by molar-refractivity contribution is -0.142. The Balaban J connectivity index is 2.15. The van der Waals surface area contributed by atoms with E-state index >= 15 is 0 Å². The van der Waals surface area contributed by atoms with E-state index in [4.69, 9.17) is 0 Å². The van der Waals surface area contributed by atoms with Crippen LogP contribution in [0, 0.1) is 0 Å². The molecule has 0 radical (unpaired) electrons. The van der Waals surface area contributed by atoms with Crippen molar-refractivity contribution in [2.45, 2.75) is 25.6 Å². The van der Waals surface area contributed by atoms with Gasteiger partial charge in [-0.05, 0) is 31.5 Å². The van der Waals surface area contributed by atoms with E-state index in [9.17, 15) is 23.1 Å². The van der Waals surface area contributed by atoms with Crippen LogP contribution in [0.4, 0.5) is 13.2 Å². The third kappa shape index (κ3) is 2.80. The van der Waals surface area contributed by atoms with Crippen LogP contribution >= 0.6 is 0 Å². The van der Waals surface area contributed by atoms with Gasteiger partial charge in [-0.25, -0.2) is 4.52 Å². The zero-order chi connectivity index (χ0) is 17.7. The van der Waals surface area contributed by atoms with Crippen molar-refractivity contribution in [1.82, 2.24) is 14.6 Å². The van der Waals surface area contributed by atoms with Crippen LogP contribution in [0.5, 0.6) is 0 Å². The number of aliphatic hydroxyl groups is 1. The van der Waals surface area contributed by atoms with Crippen LogP contribution < -0.4 is 5.56 Å². The van der Waals surface area contributed by atoms with Gasteiger partial charge < -0.3 is 10.1 Å². The van der Waals surface area contributed by atoms with E-state index in [0.29, 0.717) is 15.6 Å². The molecule has 0 spiro atoms. The van der Waals surface area contributed by atoms with Crippen molar-refractivity contribution in [3.05, 3.63) is 58.0 Å². The number of benzene rings is 1. The predicted molar refractivity (Wildman–Crippen MR) is 81.5 cm³/mol. The maximum absolute atomic E-state index is 13.0. The van der Waals surface area contributed by atoms with Crippen LogP contribution in [-0.2, 0) is 11.8 Å². The molecule has 0 aliphatic heterocycles. The monoisotopic (exact) mass is 337 g/mol. The molecule has 8 heteroatoms. The fourth-order valence-corrected chi connectivity index (χ4v) is 2.39. The number of aromatic amines is 1. The van der Waals surface area contributed by atoms with Gasteiger partial charge in [0.25, 0.3) is 5.56 Å². The molecule has 2 heterocycles. The summed E-state index contributed by atoms with van der Waals surface area (Å²) in [6.45, 7) is 3.23. The molecule has 0 aliphatic carbocycles. The SMILES string of the molecule is CC(C)(O)c1ccc(-c2nn3c(C(F)(F)F)ccc3c(=O)[nH]2)cc1. The zero-order valence-corrected chi connectivity index (χ0v) is 12.8. The molecule has 0 aliphatic rings. The molecule has 0 bridgehead atoms. The van der Waals surface area contributed by atoms with Gasteiger partial charge in [0.15, 0.2) is 5.82 Å². The minimum atomic E-state index is -4.62. The number of hydrogen-bond donors (Lipinski definition) is 2. The van der Waals surface area contributed by atoms with Crippen LogP contribution in [0.3, 0.4) is 0 Å². The number of halogens is 3. The van der Waals surface area contributed by atoms with E-state index in [0.717, 1.165) is 12.1 Å². The summed E-state index contributed by atoms with van der Waals surface area (Å²) in [5.74, 6) is 0.0106. The van der Waals surface area contributed by atoms with Crippen molar-refractivity contribution in [1.29, 1.82) is 0 Å². The van der Waals surface area contributed by atoms with Crippen molar-refractivity contribution in [3.8, 4) is 11.4 Å². The largest absolute Gasteiger partial charge is 0.433 e. The Morgan fingerprint density at radius 2 is 1.71 bits per heavy atom. The number of nitrogens with one attached hydrogen (secondary N) is 1. The first-order valence-corrected chi connectivity index (χ1v) is 7.10. The summed E-state index contributed by atoms with van der Waals surface area (Å²) >= 11 is 0. The zero-order valence-electron chi connectivity index (χ0n) is 12.8. The highest BCUT2D eigenvalue weighted by Crippen LogP contribution is 2.30. The molecule has 3 rings (SSSR count). The number of nitrogens with zero attached hydrogens (tertiary/aromatic N) is 2. The Bertz CT molecular complexity index is 948. The van der Waals surface area contributed by atoms with E-state index in [1.165, 1.54) is 0 Å². The Kier molecular flexibility index (Phi) is 3.52. The van der Waals surface area contributed by atoms with Gasteiger partial charge in [0, 0.05) is 5.56 Å². The standard InChI is InChI=1S/C16H14F3N3O2/c1-15(2,24)10-5-3-9(4-6-10)13-20-14(23)11-7-8-12(16(17,18)19)22(11)21-13/h3-8,24H,1-2H3,(H,20,21,23). The summed E-state index contributed by atoms with van der Waals surface area (Å²) in [6, 6.07) is 8.30. The first-order chi connectivity index (χ1) is 11.1. The van der Waals surface area contributed by atoms with Crippen molar-refractivity contribution in [2.75, 3.05) is 0 Å². The Hall–Kier alpha value is -2.61. The predicted octanol–water partition coefficient (Wildman–Crippen LogP) is 2.94. The third-order valence-electron chi connectivity index (χ3n) is 3.68. The molecule has 0 unspecified atom stereocenters. The number of alkyl halides is 3. The number of fused-ring (bicyclic) bond motifs is 1. The second kappa shape index (κ2) is 5.20. The molecule has 1 aromatic carbocycles. The van der Waals surface area contributed by atoms with Gasteiger partial charge in [-0.2, -0.15) is 13.2 Å². The van der Waals surface area contributed by atoms with Crippen LogP contribution in [0.15, 0.2) is 41.2 Å². The fourth-order valence-electron chi connectivity index (χ4n) is 2.39. The minimum Gasteiger partial charge on any atom is -0.386 e. The molecule has 2 N–H and O–H groups in total. The van der Waals surface area contributed by atoms with Crippen molar-refractivity contribution < 1.29 is 18.3 Å². The van der Waals surface area contributed by atoms with Gasteiger partial charge >= 0.3 is 6.18 Å². The van der Waals surface area contributed by atoms with E-state index in [1.807, 2.05) is 0 Å². The average Bonchev–Trinajstić information content (AvgIpc) is 2.91. The van der Waals surface area contributed by atoms with Crippen molar-refractivity contribution in [3.63, 3.8) is 0 Å². The molecule has 3 aromatic rings. The molecule has 0 fully saturated rings. The summed E-state index contributed by atoms with van der Waals surface area (Å²) in [5, 5.41) is 13.8. The molecule has 0 saturated heterocycles. The van der Waals surface area contributed by atoms with Gasteiger partial charge in [0.2, 0.25) is 0 Å². The second-order valence-corrected chi connectivity index (χ2v) is 5.95. The summed E-state index contributed by atoms with van der Waals surface area (Å²) in [4.78, 5) is 14.5. The van der Waals surface area contributed by atoms with E-state index < -0.39 is 23.0 Å². The lowest BCUT2D eigenvalue weighted by atomic mass is 9.97. The third-order valence-corrected chi connectivity index (χ3v) is 3.68. The summed E-state index contributed by atoms with van der Waals surface area (Å²) in [5.41, 5.74) is -1.85. The average molecular weight is 337 g/mol. The van der Waals surface area contributed by atoms with Gasteiger partial charge in [-0.15, -0.1) is 5.10 Å². The number of hydrogen-bond acceptors (Lipinski definition) is 3. The molecule has 0 saturated carbocycles. The van der Waals surface area contributed by atoms with Gasteiger partial charge in [-0.1, -0.05) is 24.3 Å². The summed E-state index contributed by atoms with van der Waals surface area (Å²) < 4.78 is 39.6. The van der Waals surface area contributed by atoms with E-state index in [2.05, 4.69) is 10.1 Å². The molecule has 126 valence electrons. The molecule has 2 aromatic heterocycles. The summed E-state index contributed by atoms with van der Waals surface area (Å²) in [7, 11) is 0. The van der Waals surface area contributed by atoms with Crippen LogP contribution in [0.25, 0.3) is 16.9 Å². The Labute approximate surface area is 134 Å². The van der Waals surface area contributed by atoms with Gasteiger partial charge in [0.05, 0.1) is 5.60 Å². The lowest BCUT2D eigenvalue weighted by Gasteiger charge is -2.17. The maximum atomic E-state index is 13.0. The lowest BCUT2D eigenvalue weighted by Crippen LogP contribution is -2.18. The van der Waals surface area contributed by atoms with Crippen LogP contribution in [0.1, 0.15) is 25.1 Å². The highest BCUT2D eigenvalue weighted by atomic mass is 19.4. The van der Waals surface area contributed by atoms with Crippen molar-refractivity contribution in [2.24, 2.45) is 0 Å². The van der Waals surface area contributed by atoms with Crippen LogP contribution in [0.2, 0.25) is 0 Å². The normalized spacial score (nSPS) is 12.8. The van der Waals surface area contributed by atoms with Crippen LogP contribution in [-0.4, -0.2) is 19.7 Å². The van der Waals surface area contributed by atoms with Gasteiger partial charge in [0.1, 0.15) is 11.2 Å². The number of aromatic nitrogens is 3. The highest BCUT2D eigenvalue weighted by molar-refractivity contribution is 5.57. The van der Waals surface area contributed by atoms with Crippen molar-refractivity contribution >= 4 is 5.52 Å². The number of H-pyrrole nitrogens is 1. The molecule has 0 amide bonds. The van der Waals surface area contributed by atoms with E-state index in [-0.39, 0.29) is 11.3 Å². The highest BCUT2D eigenvalue weighted by Gasteiger charge is 2.35.